The molecule has 20 heavy (non-hydrogen) atoms. The van der Waals surface area contributed by atoms with Crippen molar-refractivity contribution in [2.75, 3.05) is 0 Å². The minimum absolute atomic E-state index is 0.270. The molecular formula is C6H13NO11S2. The molecular weight excluding hydrogens is 326 g/mol. The summed E-state index contributed by atoms with van der Waals surface area (Å²) >= 11 is 0. The molecule has 0 heterocycles. The summed E-state index contributed by atoms with van der Waals surface area (Å²) in [4.78, 5) is 10.5. The Balaban J connectivity index is 5.08. The number of carbonyl (C=O) groups is 1. The van der Waals surface area contributed by atoms with Crippen LogP contribution >= 0.6 is 0 Å². The van der Waals surface area contributed by atoms with Gasteiger partial charge in [0.1, 0.15) is 30.6 Å². The highest BCUT2D eigenvalue weighted by molar-refractivity contribution is 7.86. The van der Waals surface area contributed by atoms with Crippen LogP contribution in [0.4, 0.5) is 0 Å². The lowest BCUT2D eigenvalue weighted by molar-refractivity contribution is -0.121. The summed E-state index contributed by atoms with van der Waals surface area (Å²) in [6.07, 6.45) is -7.91. The third kappa shape index (κ3) is 5.73. The lowest BCUT2D eigenvalue weighted by atomic mass is 10.0. The average Bonchev–Trinajstić information content (AvgIpc) is 2.29. The van der Waals surface area contributed by atoms with Gasteiger partial charge in [-0.15, -0.1) is 0 Å². The van der Waals surface area contributed by atoms with Crippen LogP contribution in [0, 0.1) is 0 Å². The number of nitrogens with one attached hydrogen (secondary N) is 1. The normalized spacial score (nSPS) is 20.7. The Labute approximate surface area is 113 Å². The van der Waals surface area contributed by atoms with Crippen LogP contribution < -0.4 is 4.72 Å². The SMILES string of the molecule is O=C[C@H](NS(=O)(=O)O)[C@@H](O)[C@H](O)[C@H](O)C(O)S(=O)(=O)O. The quantitative estimate of drug-likeness (QED) is 0.164. The van der Waals surface area contributed by atoms with Gasteiger partial charge in [-0.25, -0.2) is 0 Å². The van der Waals surface area contributed by atoms with E-state index in [2.05, 4.69) is 0 Å². The summed E-state index contributed by atoms with van der Waals surface area (Å²) in [5.41, 5.74) is -2.91. The van der Waals surface area contributed by atoms with Crippen molar-refractivity contribution >= 4 is 26.7 Å². The van der Waals surface area contributed by atoms with Gasteiger partial charge < -0.3 is 25.2 Å². The number of hydrogen-bond acceptors (Lipinski definition) is 9. The first-order chi connectivity index (χ1) is 8.81. The van der Waals surface area contributed by atoms with Crippen LogP contribution in [-0.4, -0.2) is 82.4 Å². The summed E-state index contributed by atoms with van der Waals surface area (Å²) in [6.45, 7) is 0. The Bertz CT molecular complexity index is 527. The van der Waals surface area contributed by atoms with Crippen LogP contribution in [0.5, 0.6) is 0 Å². The molecule has 0 aromatic heterocycles. The van der Waals surface area contributed by atoms with Gasteiger partial charge in [0.2, 0.25) is 5.44 Å². The molecule has 0 aliphatic carbocycles. The Kier molecular flexibility index (Phi) is 6.59. The van der Waals surface area contributed by atoms with Crippen molar-refractivity contribution in [1.82, 2.24) is 4.72 Å². The van der Waals surface area contributed by atoms with E-state index in [-0.39, 0.29) is 6.29 Å². The molecule has 14 heteroatoms. The van der Waals surface area contributed by atoms with Crippen LogP contribution in [0.1, 0.15) is 0 Å². The van der Waals surface area contributed by atoms with E-state index in [0.29, 0.717) is 0 Å². The Morgan fingerprint density at radius 1 is 0.850 bits per heavy atom. The Hall–Kier alpha value is -0.710. The van der Waals surface area contributed by atoms with Crippen molar-refractivity contribution in [2.45, 2.75) is 29.8 Å². The molecule has 0 spiro atoms. The van der Waals surface area contributed by atoms with Crippen molar-refractivity contribution in [3.05, 3.63) is 0 Å². The summed E-state index contributed by atoms with van der Waals surface area (Å²) in [5, 5.41) is 36.8. The molecule has 0 bridgehead atoms. The second-order valence-corrected chi connectivity index (χ2v) is 6.33. The number of carbonyl (C=O) groups excluding carboxylic acids is 1. The van der Waals surface area contributed by atoms with E-state index in [0.717, 1.165) is 4.72 Å². The second-order valence-electron chi connectivity index (χ2n) is 3.63. The van der Waals surface area contributed by atoms with Crippen molar-refractivity contribution in [2.24, 2.45) is 0 Å². The molecule has 0 aliphatic rings. The molecule has 120 valence electrons. The van der Waals surface area contributed by atoms with Gasteiger partial charge in [-0.2, -0.15) is 21.6 Å². The third-order valence-electron chi connectivity index (χ3n) is 2.10. The maximum atomic E-state index is 10.5. The van der Waals surface area contributed by atoms with Crippen LogP contribution in [0.25, 0.3) is 0 Å². The van der Waals surface area contributed by atoms with Gasteiger partial charge in [-0.1, -0.05) is 0 Å². The first-order valence-corrected chi connectivity index (χ1v) is 7.64. The van der Waals surface area contributed by atoms with Gasteiger partial charge in [0.25, 0.3) is 10.1 Å². The van der Waals surface area contributed by atoms with Crippen LogP contribution in [0.3, 0.4) is 0 Å². The molecule has 12 nitrogen and oxygen atoms in total. The molecule has 0 saturated heterocycles. The summed E-state index contributed by atoms with van der Waals surface area (Å²) in [6, 6.07) is -2.15. The molecule has 0 radical (unpaired) electrons. The fraction of sp³-hybridized carbons (Fsp3) is 0.833. The van der Waals surface area contributed by atoms with Gasteiger partial charge >= 0.3 is 10.3 Å². The van der Waals surface area contributed by atoms with Gasteiger partial charge in [-0.3, -0.25) is 9.11 Å². The molecule has 0 fully saturated rings. The lowest BCUT2D eigenvalue weighted by Gasteiger charge is -2.27. The minimum atomic E-state index is -5.19. The van der Waals surface area contributed by atoms with E-state index < -0.39 is 50.2 Å². The molecule has 1 unspecified atom stereocenters. The lowest BCUT2D eigenvalue weighted by Crippen LogP contribution is -2.55. The van der Waals surface area contributed by atoms with Gasteiger partial charge in [0.15, 0.2) is 0 Å². The van der Waals surface area contributed by atoms with Gasteiger partial charge in [0, 0.05) is 0 Å². The number of aliphatic hydroxyl groups excluding tert-OH is 4. The average molecular weight is 339 g/mol. The standard InChI is InChI=1S/C6H13NO11S2/c8-1-2(7-20(16,17)18)3(9)4(10)5(11)6(12)19(13,14)15/h1-7,9-12H,(H,13,14,15)(H,16,17,18)/t2-,3+,4-,5-,6?/m0/s1. The maximum absolute atomic E-state index is 10.5. The highest BCUT2D eigenvalue weighted by Gasteiger charge is 2.40. The molecule has 7 N–H and O–H groups in total. The molecule has 0 aromatic rings. The molecule has 5 atom stereocenters. The van der Waals surface area contributed by atoms with Gasteiger partial charge in [-0.05, 0) is 0 Å². The maximum Gasteiger partial charge on any atom is 0.334 e. The smallest absolute Gasteiger partial charge is 0.334 e. The zero-order valence-corrected chi connectivity index (χ0v) is 11.1. The van der Waals surface area contributed by atoms with Crippen LogP contribution in [0.15, 0.2) is 0 Å². The van der Waals surface area contributed by atoms with Crippen molar-refractivity contribution < 1.29 is 51.2 Å². The van der Waals surface area contributed by atoms with Gasteiger partial charge in [0.05, 0.1) is 0 Å². The van der Waals surface area contributed by atoms with Crippen molar-refractivity contribution in [3.63, 3.8) is 0 Å². The van der Waals surface area contributed by atoms with E-state index in [1.807, 2.05) is 0 Å². The predicted molar refractivity (Wildman–Crippen MR) is 60.1 cm³/mol. The number of rotatable bonds is 8. The van der Waals surface area contributed by atoms with E-state index >= 15 is 0 Å². The second kappa shape index (κ2) is 6.83. The number of hydrogen-bond donors (Lipinski definition) is 7. The fourth-order valence-electron chi connectivity index (χ4n) is 1.11. The number of aliphatic hydroxyl groups is 4. The molecule has 0 rings (SSSR count). The zero-order chi connectivity index (χ0) is 16.3. The third-order valence-corrected chi connectivity index (χ3v) is 3.56. The highest BCUT2D eigenvalue weighted by atomic mass is 32.2. The van der Waals surface area contributed by atoms with E-state index in [9.17, 15) is 36.9 Å². The summed E-state index contributed by atoms with van der Waals surface area (Å²) < 4.78 is 59.8. The predicted octanol–water partition coefficient (Wildman–Crippen LogP) is -4.76. The highest BCUT2D eigenvalue weighted by Crippen LogP contribution is 2.11. The molecule has 0 saturated carbocycles. The monoisotopic (exact) mass is 339 g/mol. The van der Waals surface area contributed by atoms with Crippen molar-refractivity contribution in [1.29, 1.82) is 0 Å². The molecule has 0 aliphatic heterocycles. The minimum Gasteiger partial charge on any atom is -0.388 e. The van der Waals surface area contributed by atoms with E-state index in [1.165, 1.54) is 0 Å². The van der Waals surface area contributed by atoms with Crippen LogP contribution in [0.2, 0.25) is 0 Å². The number of aldehydes is 1. The van der Waals surface area contributed by atoms with Crippen molar-refractivity contribution in [3.8, 4) is 0 Å². The van der Waals surface area contributed by atoms with Crippen LogP contribution in [-0.2, 0) is 25.2 Å². The fourth-order valence-corrected chi connectivity index (χ4v) is 2.16. The van der Waals surface area contributed by atoms with E-state index in [1.54, 1.807) is 0 Å². The summed E-state index contributed by atoms with van der Waals surface area (Å²) in [7, 11) is -10.1. The first-order valence-electron chi connectivity index (χ1n) is 4.70. The van der Waals surface area contributed by atoms with E-state index in [4.69, 9.17) is 14.2 Å². The zero-order valence-electron chi connectivity index (χ0n) is 9.51. The summed E-state index contributed by atoms with van der Waals surface area (Å²) in [5.74, 6) is 0. The largest absolute Gasteiger partial charge is 0.388 e. The molecule has 0 aromatic carbocycles. The first kappa shape index (κ1) is 19.3. The Morgan fingerprint density at radius 3 is 1.60 bits per heavy atom. The Morgan fingerprint density at radius 2 is 1.30 bits per heavy atom. The topological polar surface area (TPSA) is 219 Å². The molecule has 0 amide bonds.